The van der Waals surface area contributed by atoms with Crippen molar-refractivity contribution in [2.45, 2.75) is 31.6 Å². The van der Waals surface area contributed by atoms with Gasteiger partial charge in [0.2, 0.25) is 5.75 Å². The van der Waals surface area contributed by atoms with E-state index in [1.54, 1.807) is 28.4 Å². The number of oxime groups is 1. The van der Waals surface area contributed by atoms with E-state index in [0.29, 0.717) is 17.2 Å². The van der Waals surface area contributed by atoms with Gasteiger partial charge in [-0.25, -0.2) is 0 Å². The van der Waals surface area contributed by atoms with E-state index in [1.807, 2.05) is 12.1 Å². The second-order valence-corrected chi connectivity index (χ2v) is 4.99. The van der Waals surface area contributed by atoms with Crippen molar-refractivity contribution in [2.75, 3.05) is 28.4 Å². The standard InChI is InChI=1S/C16H23NO4/c1-18-14-10-9-12(15(19-2)16(14)20-3)11-7-5-6-8-13(11)17-21-4/h9-11H,5-8H2,1-4H3/b17-13-. The first kappa shape index (κ1) is 15.5. The lowest BCUT2D eigenvalue weighted by atomic mass is 9.82. The summed E-state index contributed by atoms with van der Waals surface area (Å²) in [5.74, 6) is 2.21. The Bertz CT molecular complexity index is 513. The fraction of sp³-hybridized carbons (Fsp3) is 0.562. The van der Waals surface area contributed by atoms with E-state index in [0.717, 1.165) is 30.5 Å². The molecule has 1 saturated carbocycles. The van der Waals surface area contributed by atoms with Crippen molar-refractivity contribution < 1.29 is 19.0 Å². The Morgan fingerprint density at radius 3 is 2.33 bits per heavy atom. The van der Waals surface area contributed by atoms with Crippen molar-refractivity contribution in [3.63, 3.8) is 0 Å². The van der Waals surface area contributed by atoms with Crippen molar-refractivity contribution in [3.8, 4) is 17.2 Å². The third-order valence-corrected chi connectivity index (χ3v) is 3.90. The highest BCUT2D eigenvalue weighted by atomic mass is 16.6. The highest BCUT2D eigenvalue weighted by Gasteiger charge is 2.28. The van der Waals surface area contributed by atoms with E-state index >= 15 is 0 Å². The molecule has 0 heterocycles. The number of nitrogens with zero attached hydrogens (tertiary/aromatic N) is 1. The first-order chi connectivity index (χ1) is 10.3. The molecule has 1 aliphatic rings. The predicted molar refractivity (Wildman–Crippen MR) is 81.8 cm³/mol. The van der Waals surface area contributed by atoms with Crippen molar-refractivity contribution in [2.24, 2.45) is 5.16 Å². The Hall–Kier alpha value is -1.91. The Morgan fingerprint density at radius 2 is 1.71 bits per heavy atom. The number of benzene rings is 1. The summed E-state index contributed by atoms with van der Waals surface area (Å²) in [4.78, 5) is 5.00. The lowest BCUT2D eigenvalue weighted by Gasteiger charge is -2.26. The SMILES string of the molecule is CO/N=C1/CCCCC1c1ccc(OC)c(OC)c1OC. The van der Waals surface area contributed by atoms with Crippen molar-refractivity contribution >= 4 is 5.71 Å². The normalized spacial score (nSPS) is 20.2. The predicted octanol–water partition coefficient (Wildman–Crippen LogP) is 3.37. The topological polar surface area (TPSA) is 49.3 Å². The molecule has 5 nitrogen and oxygen atoms in total. The summed E-state index contributed by atoms with van der Waals surface area (Å²) >= 11 is 0. The summed E-state index contributed by atoms with van der Waals surface area (Å²) in [5.41, 5.74) is 2.14. The average molecular weight is 293 g/mol. The summed E-state index contributed by atoms with van der Waals surface area (Å²) in [5, 5.41) is 4.20. The Labute approximate surface area is 125 Å². The van der Waals surface area contributed by atoms with Gasteiger partial charge in [-0.2, -0.15) is 0 Å². The number of methoxy groups -OCH3 is 3. The van der Waals surface area contributed by atoms with Gasteiger partial charge in [-0.3, -0.25) is 0 Å². The smallest absolute Gasteiger partial charge is 0.203 e. The fourth-order valence-corrected chi connectivity index (χ4v) is 2.96. The molecule has 1 aromatic carbocycles. The van der Waals surface area contributed by atoms with Gasteiger partial charge in [-0.15, -0.1) is 0 Å². The summed E-state index contributed by atoms with van der Waals surface area (Å²) in [7, 11) is 6.48. The van der Waals surface area contributed by atoms with Crippen LogP contribution in [0.3, 0.4) is 0 Å². The summed E-state index contributed by atoms with van der Waals surface area (Å²) in [6, 6.07) is 3.94. The zero-order valence-electron chi connectivity index (χ0n) is 13.1. The van der Waals surface area contributed by atoms with Crippen molar-refractivity contribution in [3.05, 3.63) is 17.7 Å². The Kier molecular flexibility index (Phi) is 5.31. The van der Waals surface area contributed by atoms with Gasteiger partial charge in [0.05, 0.1) is 27.0 Å². The van der Waals surface area contributed by atoms with Crippen molar-refractivity contribution in [1.29, 1.82) is 0 Å². The molecule has 5 heteroatoms. The fourth-order valence-electron chi connectivity index (χ4n) is 2.96. The minimum atomic E-state index is 0.202. The zero-order chi connectivity index (χ0) is 15.2. The highest BCUT2D eigenvalue weighted by molar-refractivity contribution is 5.92. The van der Waals surface area contributed by atoms with E-state index in [1.165, 1.54) is 6.42 Å². The van der Waals surface area contributed by atoms with Crippen LogP contribution in [0.5, 0.6) is 17.2 Å². The van der Waals surface area contributed by atoms with Gasteiger partial charge >= 0.3 is 0 Å². The van der Waals surface area contributed by atoms with Crippen LogP contribution in [0.15, 0.2) is 17.3 Å². The molecule has 0 N–H and O–H groups in total. The van der Waals surface area contributed by atoms with Crippen LogP contribution >= 0.6 is 0 Å². The van der Waals surface area contributed by atoms with E-state index in [2.05, 4.69) is 5.16 Å². The molecule has 2 rings (SSSR count). The van der Waals surface area contributed by atoms with E-state index in [9.17, 15) is 0 Å². The van der Waals surface area contributed by atoms with E-state index in [-0.39, 0.29) is 5.92 Å². The number of ether oxygens (including phenoxy) is 3. The lowest BCUT2D eigenvalue weighted by molar-refractivity contribution is 0.210. The maximum atomic E-state index is 5.59. The van der Waals surface area contributed by atoms with Crippen LogP contribution in [0, 0.1) is 0 Å². The molecule has 0 bridgehead atoms. The monoisotopic (exact) mass is 293 g/mol. The van der Waals surface area contributed by atoms with Gasteiger partial charge in [0, 0.05) is 11.5 Å². The van der Waals surface area contributed by atoms with Crippen molar-refractivity contribution in [1.82, 2.24) is 0 Å². The largest absolute Gasteiger partial charge is 0.493 e. The number of rotatable bonds is 5. The summed E-state index contributed by atoms with van der Waals surface area (Å²) < 4.78 is 16.4. The first-order valence-corrected chi connectivity index (χ1v) is 7.15. The summed E-state index contributed by atoms with van der Waals surface area (Å²) in [6.45, 7) is 0. The highest BCUT2D eigenvalue weighted by Crippen LogP contribution is 2.45. The Morgan fingerprint density at radius 1 is 0.952 bits per heavy atom. The van der Waals surface area contributed by atoms with Crippen LogP contribution in [-0.4, -0.2) is 34.2 Å². The molecule has 1 aliphatic carbocycles. The first-order valence-electron chi connectivity index (χ1n) is 7.15. The maximum absolute atomic E-state index is 5.59. The van der Waals surface area contributed by atoms with E-state index in [4.69, 9.17) is 19.0 Å². The molecule has 0 amide bonds. The molecular weight excluding hydrogens is 270 g/mol. The molecule has 0 saturated heterocycles. The molecule has 0 aliphatic heterocycles. The molecule has 0 radical (unpaired) electrons. The minimum Gasteiger partial charge on any atom is -0.493 e. The molecule has 1 unspecified atom stereocenters. The van der Waals surface area contributed by atoms with Gasteiger partial charge in [0.1, 0.15) is 7.11 Å². The van der Waals surface area contributed by atoms with Crippen LogP contribution in [0.4, 0.5) is 0 Å². The average Bonchev–Trinajstić information content (AvgIpc) is 2.54. The maximum Gasteiger partial charge on any atom is 0.203 e. The van der Waals surface area contributed by atoms with Gasteiger partial charge in [-0.05, 0) is 25.3 Å². The van der Waals surface area contributed by atoms with Gasteiger partial charge < -0.3 is 19.0 Å². The van der Waals surface area contributed by atoms with Crippen LogP contribution in [-0.2, 0) is 4.84 Å². The van der Waals surface area contributed by atoms with Crippen LogP contribution in [0.2, 0.25) is 0 Å². The molecule has 0 spiro atoms. The zero-order valence-corrected chi connectivity index (χ0v) is 13.1. The van der Waals surface area contributed by atoms with Crippen LogP contribution in [0.1, 0.15) is 37.2 Å². The van der Waals surface area contributed by atoms with Gasteiger partial charge in [-0.1, -0.05) is 17.6 Å². The molecule has 21 heavy (non-hydrogen) atoms. The third-order valence-electron chi connectivity index (χ3n) is 3.90. The molecular formula is C16H23NO4. The molecule has 1 aromatic rings. The van der Waals surface area contributed by atoms with Gasteiger partial charge in [0.15, 0.2) is 11.5 Å². The quantitative estimate of drug-likeness (QED) is 0.781. The van der Waals surface area contributed by atoms with E-state index < -0.39 is 0 Å². The number of hydrogen-bond acceptors (Lipinski definition) is 5. The van der Waals surface area contributed by atoms with Crippen LogP contribution in [0.25, 0.3) is 0 Å². The molecule has 0 aromatic heterocycles. The molecule has 116 valence electrons. The second-order valence-electron chi connectivity index (χ2n) is 4.99. The molecule has 1 atom stereocenters. The van der Waals surface area contributed by atoms with Crippen LogP contribution < -0.4 is 14.2 Å². The van der Waals surface area contributed by atoms with Gasteiger partial charge in [0.25, 0.3) is 0 Å². The summed E-state index contributed by atoms with van der Waals surface area (Å²) in [6.07, 6.45) is 4.31. The molecule has 1 fully saturated rings. The second kappa shape index (κ2) is 7.20. The Balaban J connectivity index is 2.49. The lowest BCUT2D eigenvalue weighted by Crippen LogP contribution is -2.19. The minimum absolute atomic E-state index is 0.202. The number of hydrogen-bond donors (Lipinski definition) is 0. The third kappa shape index (κ3) is 3.06.